The van der Waals surface area contributed by atoms with Gasteiger partial charge in [0.1, 0.15) is 0 Å². The van der Waals surface area contributed by atoms with Crippen LogP contribution >= 0.6 is 0 Å². The van der Waals surface area contributed by atoms with E-state index in [0.717, 1.165) is 24.6 Å². The zero-order valence-corrected chi connectivity index (χ0v) is 10.9. The van der Waals surface area contributed by atoms with Crippen LogP contribution in [-0.4, -0.2) is 49.8 Å². The Bertz CT molecular complexity index is 222. The van der Waals surface area contributed by atoms with Gasteiger partial charge in [-0.2, -0.15) is 0 Å². The second kappa shape index (κ2) is 5.48. The first-order valence-electron chi connectivity index (χ1n) is 6.73. The first kappa shape index (κ1) is 12.3. The van der Waals surface area contributed by atoms with E-state index in [1.807, 2.05) is 0 Å². The first-order valence-corrected chi connectivity index (χ1v) is 6.73. The molecule has 0 aromatic rings. The molecule has 0 saturated carbocycles. The molecular formula is C13H26N2O. The first-order chi connectivity index (χ1) is 7.70. The third kappa shape index (κ3) is 2.76. The maximum atomic E-state index is 5.65. The predicted molar refractivity (Wildman–Crippen MR) is 66.6 cm³/mol. The summed E-state index contributed by atoms with van der Waals surface area (Å²) in [6.45, 7) is 8.04. The quantitative estimate of drug-likeness (QED) is 0.789. The van der Waals surface area contributed by atoms with Gasteiger partial charge in [0.05, 0.1) is 6.10 Å². The number of piperidine rings is 1. The Morgan fingerprint density at radius 2 is 2.12 bits per heavy atom. The molecule has 0 spiro atoms. The van der Waals surface area contributed by atoms with E-state index in [9.17, 15) is 0 Å². The van der Waals surface area contributed by atoms with Gasteiger partial charge >= 0.3 is 0 Å². The van der Waals surface area contributed by atoms with Crippen molar-refractivity contribution in [2.75, 3.05) is 26.7 Å². The average molecular weight is 226 g/mol. The van der Waals surface area contributed by atoms with Crippen LogP contribution in [0, 0.1) is 5.92 Å². The highest BCUT2D eigenvalue weighted by Crippen LogP contribution is 2.25. The van der Waals surface area contributed by atoms with E-state index in [-0.39, 0.29) is 0 Å². The minimum atomic E-state index is 0.467. The summed E-state index contributed by atoms with van der Waals surface area (Å²) in [5.41, 5.74) is 0. The Balaban J connectivity index is 1.81. The zero-order valence-electron chi connectivity index (χ0n) is 10.9. The van der Waals surface area contributed by atoms with Crippen molar-refractivity contribution in [1.82, 2.24) is 10.2 Å². The molecule has 94 valence electrons. The van der Waals surface area contributed by atoms with Gasteiger partial charge in [-0.15, -0.1) is 0 Å². The summed E-state index contributed by atoms with van der Waals surface area (Å²) in [4.78, 5) is 2.66. The molecule has 3 nitrogen and oxygen atoms in total. The highest BCUT2D eigenvalue weighted by atomic mass is 16.5. The normalized spacial score (nSPS) is 41.4. The number of likely N-dealkylation sites (tertiary alicyclic amines) is 1. The molecule has 3 heteroatoms. The number of nitrogens with one attached hydrogen (secondary N) is 1. The Morgan fingerprint density at radius 1 is 1.31 bits per heavy atom. The number of nitrogens with zero attached hydrogens (tertiary/aromatic N) is 1. The van der Waals surface area contributed by atoms with Crippen molar-refractivity contribution in [3.63, 3.8) is 0 Å². The van der Waals surface area contributed by atoms with Gasteiger partial charge in [0.15, 0.2) is 0 Å². The number of rotatable bonds is 3. The van der Waals surface area contributed by atoms with E-state index in [0.29, 0.717) is 6.10 Å². The van der Waals surface area contributed by atoms with E-state index >= 15 is 0 Å². The van der Waals surface area contributed by atoms with Crippen LogP contribution in [0.4, 0.5) is 0 Å². The van der Waals surface area contributed by atoms with Crippen molar-refractivity contribution in [3.05, 3.63) is 0 Å². The number of ether oxygens (including phenoxy) is 1. The van der Waals surface area contributed by atoms with Gasteiger partial charge in [-0.1, -0.05) is 0 Å². The molecule has 1 N–H and O–H groups in total. The molecule has 0 aliphatic carbocycles. The van der Waals surface area contributed by atoms with Crippen LogP contribution in [0.5, 0.6) is 0 Å². The molecule has 4 atom stereocenters. The van der Waals surface area contributed by atoms with E-state index in [1.165, 1.54) is 32.4 Å². The van der Waals surface area contributed by atoms with E-state index < -0.39 is 0 Å². The molecule has 2 rings (SSSR count). The molecule has 0 aromatic heterocycles. The van der Waals surface area contributed by atoms with Crippen molar-refractivity contribution in [3.8, 4) is 0 Å². The lowest BCUT2D eigenvalue weighted by Gasteiger charge is -2.39. The van der Waals surface area contributed by atoms with Crippen LogP contribution in [0.2, 0.25) is 0 Å². The second-order valence-electron chi connectivity index (χ2n) is 5.48. The fourth-order valence-electron chi connectivity index (χ4n) is 3.07. The standard InChI is InChI=1S/C13H26N2O/c1-10-8-13(14-3)4-6-15(10)9-12-5-7-16-11(12)2/h10-14H,4-9H2,1-3H3. The van der Waals surface area contributed by atoms with Gasteiger partial charge < -0.3 is 15.0 Å². The van der Waals surface area contributed by atoms with E-state index in [1.54, 1.807) is 0 Å². The van der Waals surface area contributed by atoms with Gasteiger partial charge in [0, 0.05) is 25.2 Å². The summed E-state index contributed by atoms with van der Waals surface area (Å²) in [5.74, 6) is 0.758. The molecule has 0 bridgehead atoms. The van der Waals surface area contributed by atoms with Crippen LogP contribution in [0.15, 0.2) is 0 Å². The lowest BCUT2D eigenvalue weighted by Crippen LogP contribution is -2.48. The lowest BCUT2D eigenvalue weighted by atomic mass is 9.95. The molecule has 2 fully saturated rings. The summed E-state index contributed by atoms with van der Waals surface area (Å²) < 4.78 is 5.65. The molecule has 2 saturated heterocycles. The molecular weight excluding hydrogens is 200 g/mol. The third-order valence-electron chi connectivity index (χ3n) is 4.42. The van der Waals surface area contributed by atoms with Gasteiger partial charge in [-0.3, -0.25) is 0 Å². The fourth-order valence-corrected chi connectivity index (χ4v) is 3.07. The smallest absolute Gasteiger partial charge is 0.0588 e. The molecule has 4 unspecified atom stereocenters. The third-order valence-corrected chi connectivity index (χ3v) is 4.42. The molecule has 2 aliphatic rings. The molecule has 0 amide bonds. The lowest BCUT2D eigenvalue weighted by molar-refractivity contribution is 0.0711. The summed E-state index contributed by atoms with van der Waals surface area (Å²) in [6.07, 6.45) is 4.30. The summed E-state index contributed by atoms with van der Waals surface area (Å²) in [7, 11) is 2.08. The minimum Gasteiger partial charge on any atom is -0.378 e. The largest absolute Gasteiger partial charge is 0.378 e. The van der Waals surface area contributed by atoms with Crippen LogP contribution < -0.4 is 5.32 Å². The van der Waals surface area contributed by atoms with E-state index in [2.05, 4.69) is 31.1 Å². The second-order valence-corrected chi connectivity index (χ2v) is 5.48. The molecule has 0 radical (unpaired) electrons. The maximum Gasteiger partial charge on any atom is 0.0588 e. The van der Waals surface area contributed by atoms with Crippen molar-refractivity contribution in [2.45, 2.75) is 51.3 Å². The van der Waals surface area contributed by atoms with Gasteiger partial charge in [-0.25, -0.2) is 0 Å². The summed E-state index contributed by atoms with van der Waals surface area (Å²) >= 11 is 0. The van der Waals surface area contributed by atoms with Crippen molar-refractivity contribution in [2.24, 2.45) is 5.92 Å². The predicted octanol–water partition coefficient (Wildman–Crippen LogP) is 1.48. The number of hydrogen-bond acceptors (Lipinski definition) is 3. The summed E-state index contributed by atoms with van der Waals surface area (Å²) in [6, 6.07) is 1.45. The highest BCUT2D eigenvalue weighted by Gasteiger charge is 2.30. The highest BCUT2D eigenvalue weighted by molar-refractivity contribution is 4.85. The summed E-state index contributed by atoms with van der Waals surface area (Å²) in [5, 5.41) is 3.41. The fraction of sp³-hybridized carbons (Fsp3) is 1.00. The average Bonchev–Trinajstić information content (AvgIpc) is 2.67. The van der Waals surface area contributed by atoms with Crippen molar-refractivity contribution in [1.29, 1.82) is 0 Å². The SMILES string of the molecule is CNC1CCN(CC2CCOC2C)C(C)C1. The van der Waals surface area contributed by atoms with Gasteiger partial charge in [0.2, 0.25) is 0 Å². The maximum absolute atomic E-state index is 5.65. The van der Waals surface area contributed by atoms with Crippen molar-refractivity contribution >= 4 is 0 Å². The Hall–Kier alpha value is -0.120. The monoisotopic (exact) mass is 226 g/mol. The molecule has 16 heavy (non-hydrogen) atoms. The topological polar surface area (TPSA) is 24.5 Å². The van der Waals surface area contributed by atoms with Crippen LogP contribution in [0.1, 0.15) is 33.1 Å². The Morgan fingerprint density at radius 3 is 2.69 bits per heavy atom. The van der Waals surface area contributed by atoms with Crippen LogP contribution in [0.25, 0.3) is 0 Å². The zero-order chi connectivity index (χ0) is 11.5. The molecule has 2 aliphatic heterocycles. The van der Waals surface area contributed by atoms with E-state index in [4.69, 9.17) is 4.74 Å². The van der Waals surface area contributed by atoms with Gasteiger partial charge in [0.25, 0.3) is 0 Å². The van der Waals surface area contributed by atoms with Crippen LogP contribution in [-0.2, 0) is 4.74 Å². The Kier molecular flexibility index (Phi) is 4.22. The number of hydrogen-bond donors (Lipinski definition) is 1. The van der Waals surface area contributed by atoms with Crippen LogP contribution in [0.3, 0.4) is 0 Å². The minimum absolute atomic E-state index is 0.467. The van der Waals surface area contributed by atoms with Gasteiger partial charge in [-0.05, 0) is 52.6 Å². The Labute approximate surface area is 99.5 Å². The molecule has 0 aromatic carbocycles. The molecule has 2 heterocycles. The van der Waals surface area contributed by atoms with Crippen molar-refractivity contribution < 1.29 is 4.74 Å².